The van der Waals surface area contributed by atoms with Crippen molar-refractivity contribution >= 4 is 11.7 Å². The molecule has 1 fully saturated rings. The summed E-state index contributed by atoms with van der Waals surface area (Å²) in [6, 6.07) is 3.52. The Morgan fingerprint density at radius 1 is 1.25 bits per heavy atom. The first kappa shape index (κ1) is 14.7. The predicted molar refractivity (Wildman–Crippen MR) is 76.8 cm³/mol. The van der Waals surface area contributed by atoms with E-state index < -0.39 is 0 Å². The molecule has 0 atom stereocenters. The highest BCUT2D eigenvalue weighted by molar-refractivity contribution is 5.92. The van der Waals surface area contributed by atoms with Gasteiger partial charge in [0.25, 0.3) is 5.91 Å². The Hall–Kier alpha value is -1.69. The van der Waals surface area contributed by atoms with Gasteiger partial charge in [-0.25, -0.2) is 0 Å². The van der Waals surface area contributed by atoms with Crippen LogP contribution in [0.1, 0.15) is 36.2 Å². The summed E-state index contributed by atoms with van der Waals surface area (Å²) in [7, 11) is 1.65. The van der Waals surface area contributed by atoms with Gasteiger partial charge in [0.2, 0.25) is 0 Å². The van der Waals surface area contributed by atoms with Gasteiger partial charge in [-0.05, 0) is 25.0 Å². The first-order valence-electron chi connectivity index (χ1n) is 7.17. The van der Waals surface area contributed by atoms with Gasteiger partial charge in [-0.1, -0.05) is 12.8 Å². The largest absolute Gasteiger partial charge is 0.383 e. The molecule has 6 nitrogen and oxygen atoms in total. The summed E-state index contributed by atoms with van der Waals surface area (Å²) in [5, 5.41) is 11.1. The molecule has 0 aromatic carbocycles. The number of amides is 1. The van der Waals surface area contributed by atoms with Crippen molar-refractivity contribution in [1.82, 2.24) is 15.1 Å². The standard InChI is InChI=1S/C14H22N4O2/c1-20-11-8-15-13-7-6-12(16-17-13)14(19)18-9-4-2-3-5-10-18/h6-7H,2-5,8-11H2,1H3,(H,15,17). The third kappa shape index (κ3) is 4.16. The van der Waals surface area contributed by atoms with Gasteiger partial charge in [0, 0.05) is 26.7 Å². The number of carbonyl (C=O) groups excluding carboxylic acids is 1. The molecular formula is C14H22N4O2. The second kappa shape index (κ2) is 7.79. The number of carbonyl (C=O) groups is 1. The molecule has 110 valence electrons. The fourth-order valence-electron chi connectivity index (χ4n) is 2.26. The summed E-state index contributed by atoms with van der Waals surface area (Å²) in [5.41, 5.74) is 0.421. The maximum Gasteiger partial charge on any atom is 0.274 e. The van der Waals surface area contributed by atoms with Crippen molar-refractivity contribution in [2.45, 2.75) is 25.7 Å². The Morgan fingerprint density at radius 3 is 2.60 bits per heavy atom. The lowest BCUT2D eigenvalue weighted by molar-refractivity contribution is 0.0754. The maximum atomic E-state index is 12.3. The van der Waals surface area contributed by atoms with Crippen LogP contribution in [-0.2, 0) is 4.74 Å². The third-order valence-electron chi connectivity index (χ3n) is 3.39. The predicted octanol–water partition coefficient (Wildman–Crippen LogP) is 1.55. The monoisotopic (exact) mass is 278 g/mol. The lowest BCUT2D eigenvalue weighted by Gasteiger charge is -2.19. The molecule has 0 unspecified atom stereocenters. The van der Waals surface area contributed by atoms with Crippen molar-refractivity contribution in [1.29, 1.82) is 0 Å². The summed E-state index contributed by atoms with van der Waals surface area (Å²) < 4.78 is 4.95. The number of nitrogens with zero attached hydrogens (tertiary/aromatic N) is 3. The number of methoxy groups -OCH3 is 1. The van der Waals surface area contributed by atoms with E-state index in [0.29, 0.717) is 24.7 Å². The Morgan fingerprint density at radius 2 is 2.00 bits per heavy atom. The number of hydrogen-bond donors (Lipinski definition) is 1. The van der Waals surface area contributed by atoms with E-state index in [1.165, 1.54) is 12.8 Å². The van der Waals surface area contributed by atoms with Crippen molar-refractivity contribution in [2.75, 3.05) is 38.7 Å². The van der Waals surface area contributed by atoms with Crippen LogP contribution in [0.5, 0.6) is 0 Å². The third-order valence-corrected chi connectivity index (χ3v) is 3.39. The molecule has 1 aromatic heterocycles. The molecule has 20 heavy (non-hydrogen) atoms. The minimum atomic E-state index is -0.0113. The van der Waals surface area contributed by atoms with Crippen molar-refractivity contribution in [3.05, 3.63) is 17.8 Å². The fourth-order valence-corrected chi connectivity index (χ4v) is 2.26. The van der Waals surface area contributed by atoms with Crippen LogP contribution in [0.3, 0.4) is 0 Å². The zero-order valence-corrected chi connectivity index (χ0v) is 12.0. The molecule has 1 N–H and O–H groups in total. The van der Waals surface area contributed by atoms with E-state index in [1.807, 2.05) is 4.90 Å². The van der Waals surface area contributed by atoms with Crippen molar-refractivity contribution in [3.63, 3.8) is 0 Å². The van der Waals surface area contributed by atoms with Crippen LogP contribution in [0.25, 0.3) is 0 Å². The molecule has 0 bridgehead atoms. The molecule has 0 aliphatic carbocycles. The van der Waals surface area contributed by atoms with E-state index in [4.69, 9.17) is 4.74 Å². The van der Waals surface area contributed by atoms with Crippen LogP contribution in [0.2, 0.25) is 0 Å². The van der Waals surface area contributed by atoms with Crippen LogP contribution in [0.4, 0.5) is 5.82 Å². The van der Waals surface area contributed by atoms with Gasteiger partial charge < -0.3 is 15.0 Å². The highest BCUT2D eigenvalue weighted by Gasteiger charge is 2.18. The summed E-state index contributed by atoms with van der Waals surface area (Å²) in [5.74, 6) is 0.650. The minimum absolute atomic E-state index is 0.0113. The molecule has 1 saturated heterocycles. The zero-order valence-electron chi connectivity index (χ0n) is 12.0. The van der Waals surface area contributed by atoms with Gasteiger partial charge in [-0.2, -0.15) is 0 Å². The van der Waals surface area contributed by atoms with Crippen LogP contribution in [-0.4, -0.2) is 54.4 Å². The van der Waals surface area contributed by atoms with E-state index >= 15 is 0 Å². The van der Waals surface area contributed by atoms with E-state index in [1.54, 1.807) is 19.2 Å². The summed E-state index contributed by atoms with van der Waals surface area (Å²) in [6.07, 6.45) is 4.57. The molecular weight excluding hydrogens is 256 g/mol. The van der Waals surface area contributed by atoms with Crippen molar-refractivity contribution in [3.8, 4) is 0 Å². The highest BCUT2D eigenvalue weighted by atomic mass is 16.5. The summed E-state index contributed by atoms with van der Waals surface area (Å²) in [4.78, 5) is 14.2. The van der Waals surface area contributed by atoms with E-state index in [2.05, 4.69) is 15.5 Å². The first-order chi connectivity index (χ1) is 9.81. The summed E-state index contributed by atoms with van der Waals surface area (Å²) in [6.45, 7) is 2.93. The van der Waals surface area contributed by atoms with E-state index in [9.17, 15) is 4.79 Å². The van der Waals surface area contributed by atoms with E-state index in [0.717, 1.165) is 25.9 Å². The number of hydrogen-bond acceptors (Lipinski definition) is 5. The smallest absolute Gasteiger partial charge is 0.274 e. The molecule has 2 rings (SSSR count). The highest BCUT2D eigenvalue weighted by Crippen LogP contribution is 2.12. The number of anilines is 1. The SMILES string of the molecule is COCCNc1ccc(C(=O)N2CCCCCC2)nn1. The maximum absolute atomic E-state index is 12.3. The van der Waals surface area contributed by atoms with Crippen LogP contribution >= 0.6 is 0 Å². The Balaban J connectivity index is 1.92. The number of likely N-dealkylation sites (tertiary alicyclic amines) is 1. The summed E-state index contributed by atoms with van der Waals surface area (Å²) >= 11 is 0. The fraction of sp³-hybridized carbons (Fsp3) is 0.643. The minimum Gasteiger partial charge on any atom is -0.383 e. The first-order valence-corrected chi connectivity index (χ1v) is 7.17. The number of rotatable bonds is 5. The molecule has 1 aliphatic rings. The molecule has 6 heteroatoms. The van der Waals surface area contributed by atoms with Crippen molar-refractivity contribution in [2.24, 2.45) is 0 Å². The van der Waals surface area contributed by atoms with Gasteiger partial charge in [0.15, 0.2) is 5.69 Å². The molecule has 1 amide bonds. The molecule has 0 spiro atoms. The quantitative estimate of drug-likeness (QED) is 0.828. The number of ether oxygens (including phenoxy) is 1. The van der Waals surface area contributed by atoms with Gasteiger partial charge in [0.05, 0.1) is 6.61 Å². The van der Waals surface area contributed by atoms with Gasteiger partial charge in [-0.3, -0.25) is 4.79 Å². The second-order valence-electron chi connectivity index (χ2n) is 4.93. The number of nitrogens with one attached hydrogen (secondary N) is 1. The van der Waals surface area contributed by atoms with Crippen molar-refractivity contribution < 1.29 is 9.53 Å². The van der Waals surface area contributed by atoms with Gasteiger partial charge in [-0.15, -0.1) is 10.2 Å². The lowest BCUT2D eigenvalue weighted by Crippen LogP contribution is -2.32. The number of aromatic nitrogens is 2. The molecule has 1 aliphatic heterocycles. The van der Waals surface area contributed by atoms with Crippen LogP contribution < -0.4 is 5.32 Å². The van der Waals surface area contributed by atoms with Gasteiger partial charge in [0.1, 0.15) is 5.82 Å². The molecule has 1 aromatic rings. The Labute approximate surface area is 119 Å². The van der Waals surface area contributed by atoms with E-state index in [-0.39, 0.29) is 5.91 Å². The Kier molecular flexibility index (Phi) is 5.73. The van der Waals surface area contributed by atoms with Crippen LogP contribution in [0.15, 0.2) is 12.1 Å². The van der Waals surface area contributed by atoms with Gasteiger partial charge >= 0.3 is 0 Å². The lowest BCUT2D eigenvalue weighted by atomic mass is 10.2. The molecule has 0 radical (unpaired) electrons. The average molecular weight is 278 g/mol. The molecule has 0 saturated carbocycles. The topological polar surface area (TPSA) is 67.3 Å². The normalized spacial score (nSPS) is 15.8. The molecule has 2 heterocycles. The second-order valence-corrected chi connectivity index (χ2v) is 4.93. The average Bonchev–Trinajstić information content (AvgIpc) is 2.77. The zero-order chi connectivity index (χ0) is 14.2. The van der Waals surface area contributed by atoms with Crippen LogP contribution in [0, 0.1) is 0 Å². The Bertz CT molecular complexity index is 414.